The van der Waals surface area contributed by atoms with Crippen molar-refractivity contribution in [2.45, 2.75) is 97.5 Å². The Labute approximate surface area is 176 Å². The zero-order valence-electron chi connectivity index (χ0n) is 18.7. The molecule has 0 aromatic carbocycles. The van der Waals surface area contributed by atoms with Crippen LogP contribution >= 0.6 is 0 Å². The fourth-order valence-electron chi connectivity index (χ4n) is 4.14. The third kappa shape index (κ3) is 9.24. The van der Waals surface area contributed by atoms with Gasteiger partial charge < -0.3 is 9.84 Å². The van der Waals surface area contributed by atoms with Crippen LogP contribution in [0.2, 0.25) is 0 Å². The van der Waals surface area contributed by atoms with Crippen LogP contribution in [0.1, 0.15) is 91.4 Å². The van der Waals surface area contributed by atoms with Crippen molar-refractivity contribution < 1.29 is 24.2 Å². The number of aliphatic carboxylic acids is 1. The molecule has 1 N–H and O–H groups in total. The van der Waals surface area contributed by atoms with Crippen LogP contribution in [0.25, 0.3) is 0 Å². The van der Waals surface area contributed by atoms with E-state index < -0.39 is 18.0 Å². The maximum Gasteiger partial charge on any atom is 0.307 e. The molecule has 0 radical (unpaired) electrons. The fraction of sp³-hybridized carbons (Fsp3) is 0.792. The molecule has 3 atom stereocenters. The quantitative estimate of drug-likeness (QED) is 0.369. The lowest BCUT2D eigenvalue weighted by molar-refractivity contribution is -0.146. The molecule has 1 unspecified atom stereocenters. The number of allylic oxidation sites excluding steroid dienone is 1. The summed E-state index contributed by atoms with van der Waals surface area (Å²) >= 11 is 0. The van der Waals surface area contributed by atoms with Gasteiger partial charge in [0.05, 0.1) is 5.92 Å². The topological polar surface area (TPSA) is 80.7 Å². The summed E-state index contributed by atoms with van der Waals surface area (Å²) in [4.78, 5) is 35.9. The number of carbonyl (C=O) groups is 3. The summed E-state index contributed by atoms with van der Waals surface area (Å²) in [7, 11) is 1.56. The third-order valence-corrected chi connectivity index (χ3v) is 6.21. The number of ketones is 2. The lowest BCUT2D eigenvalue weighted by Crippen LogP contribution is -2.26. The predicted octanol–water partition coefficient (Wildman–Crippen LogP) is 5.36. The number of ether oxygens (including phenoxy) is 1. The summed E-state index contributed by atoms with van der Waals surface area (Å²) < 4.78 is 5.38. The second kappa shape index (κ2) is 12.9. The largest absolute Gasteiger partial charge is 0.481 e. The van der Waals surface area contributed by atoms with Gasteiger partial charge in [-0.1, -0.05) is 45.8 Å². The number of Topliss-reactive ketones (excluding diaryl/α,β-unsaturated/α-hetero) is 2. The molecule has 29 heavy (non-hydrogen) atoms. The van der Waals surface area contributed by atoms with Gasteiger partial charge in [-0.25, -0.2) is 0 Å². The van der Waals surface area contributed by atoms with Gasteiger partial charge in [0.25, 0.3) is 0 Å². The van der Waals surface area contributed by atoms with Crippen LogP contribution < -0.4 is 0 Å². The van der Waals surface area contributed by atoms with Crippen LogP contribution in [0.4, 0.5) is 0 Å². The van der Waals surface area contributed by atoms with E-state index in [4.69, 9.17) is 4.74 Å². The van der Waals surface area contributed by atoms with Crippen LogP contribution in [-0.4, -0.2) is 35.9 Å². The molecule has 5 heteroatoms. The molecule has 0 amide bonds. The Morgan fingerprint density at radius 1 is 1.28 bits per heavy atom. The predicted molar refractivity (Wildman–Crippen MR) is 115 cm³/mol. The maximum absolute atomic E-state index is 12.5. The van der Waals surface area contributed by atoms with Crippen LogP contribution in [0, 0.1) is 17.3 Å². The number of hydrogen-bond acceptors (Lipinski definition) is 4. The molecule has 0 bridgehead atoms. The second-order valence-corrected chi connectivity index (χ2v) is 9.15. The number of hydrogen-bond donors (Lipinski definition) is 1. The van der Waals surface area contributed by atoms with Gasteiger partial charge in [0.15, 0.2) is 5.78 Å². The standard InChI is InChI=1S/C24H40O5/c1-5-6-16-24(2,3)17-15-21(26)22(29-4)14-9-7-8-11-19(23(27)28)18-12-10-13-20(18)25/h7,9,18-19,22H,5-6,8,10-17H2,1-4H3,(H,27,28)/t18-,19+,22?/m1/s1. The molecular formula is C24H40O5. The van der Waals surface area contributed by atoms with Crippen molar-refractivity contribution in [3.05, 3.63) is 12.2 Å². The zero-order valence-corrected chi connectivity index (χ0v) is 18.7. The first kappa shape index (κ1) is 25.5. The molecule has 0 heterocycles. The summed E-state index contributed by atoms with van der Waals surface area (Å²) in [5.74, 6) is -1.59. The average Bonchev–Trinajstić information content (AvgIpc) is 3.09. The van der Waals surface area contributed by atoms with Gasteiger partial charge in [-0.15, -0.1) is 0 Å². The number of rotatable bonds is 15. The van der Waals surface area contributed by atoms with Gasteiger partial charge in [-0.3, -0.25) is 14.4 Å². The van der Waals surface area contributed by atoms with E-state index >= 15 is 0 Å². The summed E-state index contributed by atoms with van der Waals surface area (Å²) in [6.07, 6.45) is 11.8. The highest BCUT2D eigenvalue weighted by Gasteiger charge is 2.35. The Morgan fingerprint density at radius 3 is 2.55 bits per heavy atom. The maximum atomic E-state index is 12.5. The first-order chi connectivity index (χ1) is 13.7. The molecule has 1 rings (SSSR count). The van der Waals surface area contributed by atoms with Gasteiger partial charge in [-0.2, -0.15) is 0 Å². The number of methoxy groups -OCH3 is 1. The number of carboxylic acids is 1. The summed E-state index contributed by atoms with van der Waals surface area (Å²) in [6, 6.07) is 0. The highest BCUT2D eigenvalue weighted by molar-refractivity contribution is 5.87. The smallest absolute Gasteiger partial charge is 0.307 e. The molecule has 1 fully saturated rings. The van der Waals surface area contributed by atoms with E-state index in [1.54, 1.807) is 7.11 Å². The van der Waals surface area contributed by atoms with E-state index in [2.05, 4.69) is 20.8 Å². The zero-order chi connectivity index (χ0) is 21.9. The van der Waals surface area contributed by atoms with Crippen molar-refractivity contribution in [3.63, 3.8) is 0 Å². The Kier molecular flexibility index (Phi) is 11.4. The molecule has 0 saturated heterocycles. The lowest BCUT2D eigenvalue weighted by atomic mass is 9.81. The van der Waals surface area contributed by atoms with Crippen molar-refractivity contribution >= 4 is 17.5 Å². The van der Waals surface area contributed by atoms with E-state index in [0.717, 1.165) is 19.3 Å². The van der Waals surface area contributed by atoms with Crippen LogP contribution in [-0.2, 0) is 19.1 Å². The normalized spacial score (nSPS) is 19.6. The number of unbranched alkanes of at least 4 members (excludes halogenated alkanes) is 1. The molecule has 5 nitrogen and oxygen atoms in total. The van der Waals surface area contributed by atoms with Crippen LogP contribution in [0.15, 0.2) is 12.2 Å². The first-order valence-corrected chi connectivity index (χ1v) is 11.2. The Bertz CT molecular complexity index is 564. The van der Waals surface area contributed by atoms with Crippen molar-refractivity contribution in [1.82, 2.24) is 0 Å². The molecule has 166 valence electrons. The van der Waals surface area contributed by atoms with E-state index in [1.807, 2.05) is 12.2 Å². The second-order valence-electron chi connectivity index (χ2n) is 9.15. The minimum atomic E-state index is -0.880. The number of carboxylic acid groups (broad SMARTS) is 1. The van der Waals surface area contributed by atoms with Crippen molar-refractivity contribution in [1.29, 1.82) is 0 Å². The summed E-state index contributed by atoms with van der Waals surface area (Å²) in [5, 5.41) is 9.44. The van der Waals surface area contributed by atoms with Crippen molar-refractivity contribution in [2.24, 2.45) is 17.3 Å². The Balaban J connectivity index is 2.42. The van der Waals surface area contributed by atoms with Gasteiger partial charge in [-0.05, 0) is 50.4 Å². The van der Waals surface area contributed by atoms with Crippen LogP contribution in [0.3, 0.4) is 0 Å². The van der Waals surface area contributed by atoms with Crippen molar-refractivity contribution in [2.75, 3.05) is 7.11 Å². The molecule has 1 aliphatic rings. The lowest BCUT2D eigenvalue weighted by Gasteiger charge is -2.24. The molecule has 1 saturated carbocycles. The Hall–Kier alpha value is -1.49. The Morgan fingerprint density at radius 2 is 2.00 bits per heavy atom. The molecule has 0 aliphatic heterocycles. The van der Waals surface area contributed by atoms with E-state index in [1.165, 1.54) is 12.8 Å². The third-order valence-electron chi connectivity index (χ3n) is 6.21. The SMILES string of the molecule is CCCCC(C)(C)CCC(=O)C(CC=CCC[C@H](C(=O)O)[C@H]1CCCC1=O)OC. The first-order valence-electron chi connectivity index (χ1n) is 11.2. The summed E-state index contributed by atoms with van der Waals surface area (Å²) in [6.45, 7) is 6.61. The van der Waals surface area contributed by atoms with E-state index in [0.29, 0.717) is 38.5 Å². The fourth-order valence-corrected chi connectivity index (χ4v) is 4.14. The molecular weight excluding hydrogens is 368 g/mol. The highest BCUT2D eigenvalue weighted by Crippen LogP contribution is 2.32. The van der Waals surface area contributed by atoms with E-state index in [-0.39, 0.29) is 22.9 Å². The minimum Gasteiger partial charge on any atom is -0.481 e. The number of carbonyl (C=O) groups excluding carboxylic acids is 2. The highest BCUT2D eigenvalue weighted by atomic mass is 16.5. The average molecular weight is 409 g/mol. The van der Waals surface area contributed by atoms with Crippen molar-refractivity contribution in [3.8, 4) is 0 Å². The molecule has 1 aliphatic carbocycles. The van der Waals surface area contributed by atoms with Gasteiger partial charge in [0, 0.05) is 25.9 Å². The van der Waals surface area contributed by atoms with Gasteiger partial charge in [0.1, 0.15) is 11.9 Å². The van der Waals surface area contributed by atoms with Crippen LogP contribution in [0.5, 0.6) is 0 Å². The molecule has 0 spiro atoms. The summed E-state index contributed by atoms with van der Waals surface area (Å²) in [5.41, 5.74) is 0.170. The molecule has 0 aromatic heterocycles. The van der Waals surface area contributed by atoms with Gasteiger partial charge in [0.2, 0.25) is 0 Å². The monoisotopic (exact) mass is 408 g/mol. The minimum absolute atomic E-state index is 0.0910. The van der Waals surface area contributed by atoms with E-state index in [9.17, 15) is 19.5 Å². The molecule has 0 aromatic rings. The van der Waals surface area contributed by atoms with Gasteiger partial charge >= 0.3 is 5.97 Å².